The third-order valence-electron chi connectivity index (χ3n) is 6.17. The van der Waals surface area contributed by atoms with E-state index in [1.54, 1.807) is 11.0 Å². The summed E-state index contributed by atoms with van der Waals surface area (Å²) < 4.78 is 29.0. The van der Waals surface area contributed by atoms with Crippen molar-refractivity contribution in [2.45, 2.75) is 30.4 Å². The number of piperidine rings is 1. The van der Waals surface area contributed by atoms with E-state index in [-0.39, 0.29) is 16.0 Å². The van der Waals surface area contributed by atoms with E-state index in [4.69, 9.17) is 28.2 Å². The number of nitrogens with zero attached hydrogens (tertiary/aromatic N) is 4. The third-order valence-corrected chi connectivity index (χ3v) is 11.2. The van der Waals surface area contributed by atoms with Crippen molar-refractivity contribution in [2.75, 3.05) is 45.2 Å². The quantitative estimate of drug-likeness (QED) is 0.362. The highest BCUT2D eigenvalue weighted by Crippen LogP contribution is 2.36. The van der Waals surface area contributed by atoms with E-state index in [1.807, 2.05) is 33.2 Å². The van der Waals surface area contributed by atoms with Crippen LogP contribution in [0.1, 0.15) is 24.8 Å². The molecule has 0 radical (unpaired) electrons. The number of sulfonamides is 1. The summed E-state index contributed by atoms with van der Waals surface area (Å²) in [5, 5.41) is 1.32. The van der Waals surface area contributed by atoms with Gasteiger partial charge in [0.2, 0.25) is 5.91 Å². The zero-order chi connectivity index (χ0) is 25.3. The van der Waals surface area contributed by atoms with Crippen LogP contribution in [0.2, 0.25) is 9.36 Å². The van der Waals surface area contributed by atoms with Crippen LogP contribution in [0, 0.1) is 12.8 Å². The lowest BCUT2D eigenvalue weighted by Gasteiger charge is -2.32. The molecule has 0 unspecified atom stereocenters. The fourth-order valence-corrected chi connectivity index (χ4v) is 8.49. The molecule has 35 heavy (non-hydrogen) atoms. The second-order valence-electron chi connectivity index (χ2n) is 8.90. The summed E-state index contributed by atoms with van der Waals surface area (Å²) in [5.74, 6) is -0.257. The number of thiazole rings is 1. The molecule has 1 saturated heterocycles. The molecule has 1 fully saturated rings. The van der Waals surface area contributed by atoms with Crippen molar-refractivity contribution in [3.63, 3.8) is 0 Å². The van der Waals surface area contributed by atoms with E-state index in [1.165, 1.54) is 21.7 Å². The smallest absolute Gasteiger partial charge is 0.252 e. The molecule has 1 amide bonds. The molecule has 0 spiro atoms. The van der Waals surface area contributed by atoms with E-state index in [0.717, 1.165) is 40.1 Å². The maximum absolute atomic E-state index is 13.7. The van der Waals surface area contributed by atoms with Crippen LogP contribution in [0.15, 0.2) is 28.5 Å². The van der Waals surface area contributed by atoms with Crippen molar-refractivity contribution in [3.05, 3.63) is 39.2 Å². The summed E-state index contributed by atoms with van der Waals surface area (Å²) in [4.78, 5) is 22.4. The van der Waals surface area contributed by atoms with Gasteiger partial charge in [0.25, 0.3) is 10.0 Å². The van der Waals surface area contributed by atoms with Gasteiger partial charge in [-0.1, -0.05) is 34.5 Å². The van der Waals surface area contributed by atoms with Crippen LogP contribution in [0.3, 0.4) is 0 Å². The van der Waals surface area contributed by atoms with E-state index in [0.29, 0.717) is 47.0 Å². The Morgan fingerprint density at radius 2 is 1.83 bits per heavy atom. The summed E-state index contributed by atoms with van der Waals surface area (Å²) >= 11 is 14.8. The number of carbonyl (C=O) groups is 1. The minimum absolute atomic E-state index is 0.00257. The minimum Gasteiger partial charge on any atom is -0.309 e. The Labute approximate surface area is 224 Å². The molecule has 0 N–H and O–H groups in total. The van der Waals surface area contributed by atoms with Gasteiger partial charge in [-0.05, 0) is 76.7 Å². The maximum atomic E-state index is 13.7. The van der Waals surface area contributed by atoms with Gasteiger partial charge in [0.05, 0.1) is 14.6 Å². The Kier molecular flexibility index (Phi) is 8.42. The molecule has 0 aliphatic carbocycles. The predicted molar refractivity (Wildman–Crippen MR) is 146 cm³/mol. The van der Waals surface area contributed by atoms with Crippen LogP contribution >= 0.6 is 45.9 Å². The first kappa shape index (κ1) is 26.8. The molecule has 0 atom stereocenters. The number of amides is 1. The van der Waals surface area contributed by atoms with Crippen LogP contribution in [0.5, 0.6) is 0 Å². The van der Waals surface area contributed by atoms with E-state index in [9.17, 15) is 13.2 Å². The van der Waals surface area contributed by atoms with E-state index >= 15 is 0 Å². The highest BCUT2D eigenvalue weighted by atomic mass is 35.5. The fourth-order valence-electron chi connectivity index (χ4n) is 4.18. The number of benzene rings is 1. The molecule has 2 aromatic heterocycles. The lowest BCUT2D eigenvalue weighted by molar-refractivity contribution is -0.123. The normalized spacial score (nSPS) is 15.8. The first-order chi connectivity index (χ1) is 16.6. The van der Waals surface area contributed by atoms with Gasteiger partial charge in [0.15, 0.2) is 5.13 Å². The summed E-state index contributed by atoms with van der Waals surface area (Å²) in [6.45, 7) is 3.93. The van der Waals surface area contributed by atoms with Crippen LogP contribution < -0.4 is 4.90 Å². The summed E-state index contributed by atoms with van der Waals surface area (Å²) in [6, 6.07) is 6.92. The average molecular weight is 576 g/mol. The maximum Gasteiger partial charge on any atom is 0.252 e. The average Bonchev–Trinajstić information content (AvgIpc) is 3.46. The predicted octanol–water partition coefficient (Wildman–Crippen LogP) is 5.36. The van der Waals surface area contributed by atoms with Gasteiger partial charge >= 0.3 is 0 Å². The van der Waals surface area contributed by atoms with Gasteiger partial charge < -0.3 is 4.90 Å². The first-order valence-corrected chi connectivity index (χ1v) is 15.2. The van der Waals surface area contributed by atoms with Gasteiger partial charge in [0.1, 0.15) is 4.21 Å². The Balaban J connectivity index is 1.52. The molecule has 190 valence electrons. The minimum atomic E-state index is -3.60. The third kappa shape index (κ3) is 5.84. The van der Waals surface area contributed by atoms with Gasteiger partial charge in [-0.2, -0.15) is 4.31 Å². The molecule has 3 aromatic rings. The Bertz CT molecular complexity index is 1310. The monoisotopic (exact) mass is 574 g/mol. The van der Waals surface area contributed by atoms with Crippen LogP contribution in [0.4, 0.5) is 5.13 Å². The SMILES string of the molecule is Cc1c(Cl)ccc2sc(N(CCCN(C)C)C(=O)C3CCN(S(=O)(=O)c4ccc(Cl)s4)CC3)nc12. The molecule has 4 rings (SSSR count). The molecule has 1 aromatic carbocycles. The van der Waals surface area contributed by atoms with Gasteiger partial charge in [-0.3, -0.25) is 9.69 Å². The van der Waals surface area contributed by atoms with Crippen molar-refractivity contribution in [1.82, 2.24) is 14.2 Å². The van der Waals surface area contributed by atoms with Gasteiger partial charge in [-0.25, -0.2) is 13.4 Å². The number of carbonyl (C=O) groups excluding carboxylic acids is 1. The van der Waals surface area contributed by atoms with Crippen LogP contribution in [-0.4, -0.2) is 68.8 Å². The van der Waals surface area contributed by atoms with Crippen LogP contribution in [0.25, 0.3) is 10.2 Å². The summed E-state index contributed by atoms with van der Waals surface area (Å²) in [6.07, 6.45) is 1.75. The number of halogens is 2. The molecule has 3 heterocycles. The number of hydrogen-bond donors (Lipinski definition) is 0. The molecule has 0 saturated carbocycles. The number of aryl methyl sites for hydroxylation is 1. The molecule has 7 nitrogen and oxygen atoms in total. The van der Waals surface area contributed by atoms with E-state index < -0.39 is 10.0 Å². The van der Waals surface area contributed by atoms with Crippen molar-refractivity contribution in [2.24, 2.45) is 5.92 Å². The Morgan fingerprint density at radius 1 is 1.11 bits per heavy atom. The Hall–Kier alpha value is -1.27. The molecule has 1 aliphatic heterocycles. The highest BCUT2D eigenvalue weighted by Gasteiger charge is 2.35. The zero-order valence-corrected chi connectivity index (χ0v) is 23.8. The number of anilines is 1. The lowest BCUT2D eigenvalue weighted by atomic mass is 9.96. The molecular weight excluding hydrogens is 547 g/mol. The van der Waals surface area contributed by atoms with Crippen molar-refractivity contribution in [1.29, 1.82) is 0 Å². The standard InChI is InChI=1S/C23H28Cl2N4O3S3/c1-15-17(24)5-6-18-21(15)26-23(33-18)29(12-4-11-27(2)3)22(30)16-9-13-28(14-10-16)35(31,32)20-8-7-19(25)34-20/h5-8,16H,4,9-14H2,1-3H3. The van der Waals surface area contributed by atoms with Crippen molar-refractivity contribution < 1.29 is 13.2 Å². The van der Waals surface area contributed by atoms with Gasteiger partial charge in [0, 0.05) is 30.6 Å². The molecular formula is C23H28Cl2N4O3S3. The number of rotatable bonds is 8. The first-order valence-electron chi connectivity index (χ1n) is 11.3. The fraction of sp³-hybridized carbons (Fsp3) is 0.478. The van der Waals surface area contributed by atoms with Crippen molar-refractivity contribution >= 4 is 77.2 Å². The number of fused-ring (bicyclic) bond motifs is 1. The highest BCUT2D eigenvalue weighted by molar-refractivity contribution is 7.91. The molecule has 12 heteroatoms. The molecule has 0 bridgehead atoms. The summed E-state index contributed by atoms with van der Waals surface area (Å²) in [7, 11) is 0.414. The summed E-state index contributed by atoms with van der Waals surface area (Å²) in [5.41, 5.74) is 1.72. The van der Waals surface area contributed by atoms with E-state index in [2.05, 4.69) is 4.90 Å². The number of aromatic nitrogens is 1. The van der Waals surface area contributed by atoms with Gasteiger partial charge in [-0.15, -0.1) is 11.3 Å². The molecule has 1 aliphatic rings. The topological polar surface area (TPSA) is 73.8 Å². The zero-order valence-electron chi connectivity index (χ0n) is 19.8. The lowest BCUT2D eigenvalue weighted by Crippen LogP contribution is -2.45. The number of hydrogen-bond acceptors (Lipinski definition) is 7. The van der Waals surface area contributed by atoms with Crippen LogP contribution in [-0.2, 0) is 14.8 Å². The van der Waals surface area contributed by atoms with Crippen molar-refractivity contribution in [3.8, 4) is 0 Å². The number of thiophene rings is 1. The largest absolute Gasteiger partial charge is 0.309 e. The Morgan fingerprint density at radius 3 is 2.46 bits per heavy atom. The second-order valence-corrected chi connectivity index (χ2v) is 14.2. The second kappa shape index (κ2) is 11.0.